The van der Waals surface area contributed by atoms with E-state index in [-0.39, 0.29) is 0 Å². The molecule has 20 heavy (non-hydrogen) atoms. The molecular formula is C9H11F3N4O4. The van der Waals surface area contributed by atoms with Crippen LogP contribution in [0.2, 0.25) is 0 Å². The van der Waals surface area contributed by atoms with Gasteiger partial charge in [0.2, 0.25) is 5.82 Å². The normalized spacial score (nSPS) is 11.2. The lowest BCUT2D eigenvalue weighted by Crippen LogP contribution is -2.37. The van der Waals surface area contributed by atoms with Crippen molar-refractivity contribution in [3.63, 3.8) is 0 Å². The molecule has 1 heterocycles. The standard InChI is InChI=1S/C9H11F3N4O4/c1-20-8-6(16(18)19)7(13-5-14-8)15(2-3-17)4-9(10,11)12/h5,17H,2-4H2,1H3. The van der Waals surface area contributed by atoms with Crippen molar-refractivity contribution in [2.75, 3.05) is 31.7 Å². The summed E-state index contributed by atoms with van der Waals surface area (Å²) in [5.41, 5.74) is -0.785. The molecule has 0 saturated heterocycles. The number of anilines is 1. The number of aliphatic hydroxyl groups excluding tert-OH is 1. The number of nitrogens with zero attached hydrogens (tertiary/aromatic N) is 4. The molecule has 0 amide bonds. The summed E-state index contributed by atoms with van der Waals surface area (Å²) in [4.78, 5) is 17.5. The number of hydrogen-bond acceptors (Lipinski definition) is 7. The van der Waals surface area contributed by atoms with Gasteiger partial charge in [-0.05, 0) is 0 Å². The van der Waals surface area contributed by atoms with Crippen LogP contribution in [0.15, 0.2) is 6.33 Å². The Balaban J connectivity index is 3.28. The molecule has 0 radical (unpaired) electrons. The molecule has 0 spiro atoms. The fourth-order valence-corrected chi connectivity index (χ4v) is 1.49. The zero-order valence-corrected chi connectivity index (χ0v) is 10.3. The molecule has 0 atom stereocenters. The maximum atomic E-state index is 12.5. The largest absolute Gasteiger partial charge is 0.476 e. The van der Waals surface area contributed by atoms with Gasteiger partial charge in [0, 0.05) is 6.54 Å². The highest BCUT2D eigenvalue weighted by molar-refractivity contribution is 5.62. The number of ether oxygens (including phenoxy) is 1. The van der Waals surface area contributed by atoms with Gasteiger partial charge in [-0.25, -0.2) is 4.98 Å². The molecule has 11 heteroatoms. The summed E-state index contributed by atoms with van der Waals surface area (Å²) < 4.78 is 42.0. The molecule has 0 unspecified atom stereocenters. The number of methoxy groups -OCH3 is 1. The SMILES string of the molecule is COc1ncnc(N(CCO)CC(F)(F)F)c1[N+](=O)[O-]. The maximum absolute atomic E-state index is 12.5. The lowest BCUT2D eigenvalue weighted by atomic mass is 10.3. The fraction of sp³-hybridized carbons (Fsp3) is 0.556. The molecule has 0 saturated carbocycles. The topological polar surface area (TPSA) is 102 Å². The molecule has 0 bridgehead atoms. The van der Waals surface area contributed by atoms with E-state index in [9.17, 15) is 23.3 Å². The van der Waals surface area contributed by atoms with Gasteiger partial charge in [0.15, 0.2) is 0 Å². The van der Waals surface area contributed by atoms with E-state index in [2.05, 4.69) is 14.7 Å². The van der Waals surface area contributed by atoms with Crippen molar-refractivity contribution in [2.24, 2.45) is 0 Å². The number of nitro groups is 1. The Bertz CT molecular complexity index is 483. The Labute approximate surface area is 111 Å². The summed E-state index contributed by atoms with van der Waals surface area (Å²) in [5, 5.41) is 19.7. The molecule has 1 aromatic heterocycles. The molecule has 1 aromatic rings. The smallest absolute Gasteiger partial charge is 0.405 e. The Kier molecular flexibility index (Phi) is 5.02. The monoisotopic (exact) mass is 296 g/mol. The molecule has 0 aromatic carbocycles. The minimum absolute atomic E-state index is 0.454. The van der Waals surface area contributed by atoms with Crippen molar-refractivity contribution in [1.29, 1.82) is 0 Å². The minimum Gasteiger partial charge on any atom is -0.476 e. The van der Waals surface area contributed by atoms with Crippen LogP contribution in [0.3, 0.4) is 0 Å². The van der Waals surface area contributed by atoms with E-state index in [1.165, 1.54) is 0 Å². The maximum Gasteiger partial charge on any atom is 0.405 e. The van der Waals surface area contributed by atoms with Crippen LogP contribution in [0.25, 0.3) is 0 Å². The average molecular weight is 296 g/mol. The second-order valence-corrected chi connectivity index (χ2v) is 3.57. The second-order valence-electron chi connectivity index (χ2n) is 3.57. The van der Waals surface area contributed by atoms with Gasteiger partial charge in [0.1, 0.15) is 12.9 Å². The predicted molar refractivity (Wildman–Crippen MR) is 60.6 cm³/mol. The van der Waals surface area contributed by atoms with Crippen LogP contribution >= 0.6 is 0 Å². The summed E-state index contributed by atoms with van der Waals surface area (Å²) in [6, 6.07) is 0. The van der Waals surface area contributed by atoms with Gasteiger partial charge in [-0.2, -0.15) is 18.2 Å². The summed E-state index contributed by atoms with van der Waals surface area (Å²) in [6.45, 7) is -2.59. The van der Waals surface area contributed by atoms with Gasteiger partial charge in [-0.15, -0.1) is 0 Å². The predicted octanol–water partition coefficient (Wildman–Crippen LogP) is 0.754. The first-order valence-corrected chi connectivity index (χ1v) is 5.26. The highest BCUT2D eigenvalue weighted by Crippen LogP contribution is 2.34. The van der Waals surface area contributed by atoms with Gasteiger partial charge in [0.25, 0.3) is 5.88 Å². The second kappa shape index (κ2) is 6.32. The first kappa shape index (κ1) is 15.9. The number of hydrogen-bond donors (Lipinski definition) is 1. The van der Waals surface area contributed by atoms with E-state index in [0.717, 1.165) is 13.4 Å². The number of halogens is 3. The lowest BCUT2D eigenvalue weighted by molar-refractivity contribution is -0.385. The van der Waals surface area contributed by atoms with Crippen LogP contribution < -0.4 is 9.64 Å². The van der Waals surface area contributed by atoms with Crippen LogP contribution in [0.4, 0.5) is 24.7 Å². The third-order valence-electron chi connectivity index (χ3n) is 2.18. The first-order valence-electron chi connectivity index (χ1n) is 5.26. The molecule has 0 aliphatic heterocycles. The van der Waals surface area contributed by atoms with Crippen molar-refractivity contribution in [3.05, 3.63) is 16.4 Å². The summed E-state index contributed by atoms with van der Waals surface area (Å²) in [6.07, 6.45) is -3.76. The van der Waals surface area contributed by atoms with Crippen molar-refractivity contribution in [1.82, 2.24) is 9.97 Å². The average Bonchev–Trinajstić information content (AvgIpc) is 2.35. The quantitative estimate of drug-likeness (QED) is 0.610. The molecule has 0 aliphatic rings. The van der Waals surface area contributed by atoms with E-state index in [4.69, 9.17) is 5.11 Å². The number of aromatic nitrogens is 2. The van der Waals surface area contributed by atoms with Crippen LogP contribution in [0, 0.1) is 10.1 Å². The van der Waals surface area contributed by atoms with Crippen LogP contribution in [0.5, 0.6) is 5.88 Å². The molecule has 0 aliphatic carbocycles. The van der Waals surface area contributed by atoms with E-state index < -0.39 is 48.2 Å². The Morgan fingerprint density at radius 1 is 1.50 bits per heavy atom. The molecule has 8 nitrogen and oxygen atoms in total. The number of alkyl halides is 3. The molecule has 1 rings (SSSR count). The lowest BCUT2D eigenvalue weighted by Gasteiger charge is -2.23. The van der Waals surface area contributed by atoms with Crippen molar-refractivity contribution < 1.29 is 27.9 Å². The van der Waals surface area contributed by atoms with Crippen LogP contribution in [-0.2, 0) is 0 Å². The third kappa shape index (κ3) is 3.91. The van der Waals surface area contributed by atoms with Crippen molar-refractivity contribution in [3.8, 4) is 5.88 Å². The zero-order chi connectivity index (χ0) is 15.3. The fourth-order valence-electron chi connectivity index (χ4n) is 1.49. The van der Waals surface area contributed by atoms with Gasteiger partial charge >= 0.3 is 11.9 Å². The Morgan fingerprint density at radius 3 is 2.60 bits per heavy atom. The van der Waals surface area contributed by atoms with E-state index in [1.54, 1.807) is 0 Å². The van der Waals surface area contributed by atoms with Crippen LogP contribution in [-0.4, -0.2) is 53.0 Å². The first-order chi connectivity index (χ1) is 9.30. The summed E-state index contributed by atoms with van der Waals surface area (Å²) in [5.74, 6) is -1.02. The van der Waals surface area contributed by atoms with Gasteiger partial charge in [0.05, 0.1) is 18.6 Å². The van der Waals surface area contributed by atoms with Gasteiger partial charge < -0.3 is 14.7 Å². The summed E-state index contributed by atoms with van der Waals surface area (Å²) in [7, 11) is 1.10. The van der Waals surface area contributed by atoms with Crippen molar-refractivity contribution in [2.45, 2.75) is 6.18 Å². The van der Waals surface area contributed by atoms with Crippen molar-refractivity contribution >= 4 is 11.5 Å². The molecule has 0 fully saturated rings. The number of aliphatic hydroxyl groups is 1. The van der Waals surface area contributed by atoms with Gasteiger partial charge in [-0.1, -0.05) is 0 Å². The zero-order valence-electron chi connectivity index (χ0n) is 10.3. The molecule has 1 N–H and O–H groups in total. The van der Waals surface area contributed by atoms with Crippen LogP contribution in [0.1, 0.15) is 0 Å². The Morgan fingerprint density at radius 2 is 2.15 bits per heavy atom. The minimum atomic E-state index is -4.61. The Hall–Kier alpha value is -2.17. The van der Waals surface area contributed by atoms with E-state index in [0.29, 0.717) is 4.90 Å². The number of rotatable bonds is 6. The third-order valence-corrected chi connectivity index (χ3v) is 2.18. The van der Waals surface area contributed by atoms with E-state index >= 15 is 0 Å². The molecule has 112 valence electrons. The highest BCUT2D eigenvalue weighted by atomic mass is 19.4. The van der Waals surface area contributed by atoms with E-state index in [1.807, 2.05) is 0 Å². The summed E-state index contributed by atoms with van der Waals surface area (Å²) >= 11 is 0. The van der Waals surface area contributed by atoms with Gasteiger partial charge in [-0.3, -0.25) is 10.1 Å². The molecular weight excluding hydrogens is 285 g/mol. The highest BCUT2D eigenvalue weighted by Gasteiger charge is 2.35.